The maximum atomic E-state index is 12.9. The average molecular weight is 442 g/mol. The number of carbonyl (C=O) groups excluding carboxylic acids is 2. The lowest BCUT2D eigenvalue weighted by molar-refractivity contribution is -0.141. The van der Waals surface area contributed by atoms with E-state index in [2.05, 4.69) is 20.6 Å². The van der Waals surface area contributed by atoms with Crippen LogP contribution in [0.2, 0.25) is 0 Å². The van der Waals surface area contributed by atoms with Crippen molar-refractivity contribution in [3.8, 4) is 0 Å². The zero-order chi connectivity index (χ0) is 22.0. The van der Waals surface area contributed by atoms with E-state index >= 15 is 0 Å². The number of urea groups is 1. The number of halogens is 3. The number of ether oxygens (including phenoxy) is 1. The van der Waals surface area contributed by atoms with Crippen molar-refractivity contribution in [2.24, 2.45) is 11.8 Å². The lowest BCUT2D eigenvalue weighted by Crippen LogP contribution is -2.43. The maximum Gasteiger partial charge on any atom is 0.433 e. The van der Waals surface area contributed by atoms with Crippen molar-refractivity contribution in [1.29, 1.82) is 0 Å². The van der Waals surface area contributed by atoms with Crippen LogP contribution in [0, 0.1) is 11.8 Å². The number of aromatic nitrogens is 2. The van der Waals surface area contributed by atoms with E-state index in [1.54, 1.807) is 4.90 Å². The Kier molecular flexibility index (Phi) is 6.17. The van der Waals surface area contributed by atoms with Gasteiger partial charge in [-0.3, -0.25) is 4.79 Å². The van der Waals surface area contributed by atoms with E-state index < -0.39 is 11.9 Å². The number of hydrogen-bond donors (Lipinski definition) is 2. The highest BCUT2D eigenvalue weighted by Crippen LogP contribution is 2.37. The summed E-state index contributed by atoms with van der Waals surface area (Å²) in [6, 6.07) is 0.857. The van der Waals surface area contributed by atoms with Crippen LogP contribution in [0.4, 0.5) is 23.8 Å². The molecule has 3 saturated heterocycles. The summed E-state index contributed by atoms with van der Waals surface area (Å²) in [5.74, 6) is 0.436. The van der Waals surface area contributed by atoms with Crippen LogP contribution >= 0.6 is 0 Å². The molecule has 0 bridgehead atoms. The van der Waals surface area contributed by atoms with Gasteiger partial charge in [0.1, 0.15) is 17.8 Å². The van der Waals surface area contributed by atoms with Crippen LogP contribution in [0.5, 0.6) is 0 Å². The molecule has 1 aromatic heterocycles. The number of nitrogens with zero attached hydrogens (tertiary/aromatic N) is 4. The van der Waals surface area contributed by atoms with Crippen molar-refractivity contribution in [3.05, 3.63) is 18.1 Å². The van der Waals surface area contributed by atoms with Gasteiger partial charge in [-0.1, -0.05) is 0 Å². The van der Waals surface area contributed by atoms with E-state index in [0.717, 1.165) is 12.4 Å². The molecule has 0 aliphatic carbocycles. The second-order valence-corrected chi connectivity index (χ2v) is 8.06. The summed E-state index contributed by atoms with van der Waals surface area (Å²) in [5, 5.41) is 5.54. The van der Waals surface area contributed by atoms with Crippen molar-refractivity contribution in [2.75, 3.05) is 50.8 Å². The third-order valence-corrected chi connectivity index (χ3v) is 6.10. The molecule has 3 amide bonds. The largest absolute Gasteiger partial charge is 0.433 e. The molecule has 2 N–H and O–H groups in total. The number of amides is 3. The molecule has 0 unspecified atom stereocenters. The first-order chi connectivity index (χ1) is 14.8. The molecular weight excluding hydrogens is 417 g/mol. The quantitative estimate of drug-likeness (QED) is 0.678. The minimum Gasteiger partial charge on any atom is -0.377 e. The normalized spacial score (nSPS) is 26.0. The highest BCUT2D eigenvalue weighted by molar-refractivity contribution is 5.77. The molecule has 9 nitrogen and oxygen atoms in total. The Hall–Kier alpha value is -2.63. The summed E-state index contributed by atoms with van der Waals surface area (Å²) in [6.07, 6.45) is -2.84. The minimum atomic E-state index is -4.51. The zero-order valence-electron chi connectivity index (χ0n) is 16.9. The lowest BCUT2D eigenvalue weighted by atomic mass is 9.83. The van der Waals surface area contributed by atoms with Gasteiger partial charge in [-0.15, -0.1) is 0 Å². The van der Waals surface area contributed by atoms with Crippen LogP contribution in [0.1, 0.15) is 18.5 Å². The molecule has 12 heteroatoms. The van der Waals surface area contributed by atoms with Crippen LogP contribution in [0.25, 0.3) is 0 Å². The molecule has 3 atom stereocenters. The fraction of sp³-hybridized carbons (Fsp3) is 0.684. The van der Waals surface area contributed by atoms with Gasteiger partial charge in [0, 0.05) is 51.3 Å². The van der Waals surface area contributed by atoms with Gasteiger partial charge in [0.05, 0.1) is 19.1 Å². The predicted octanol–water partition coefficient (Wildman–Crippen LogP) is 0.868. The number of piperidine rings is 1. The molecule has 0 saturated carbocycles. The third kappa shape index (κ3) is 5.00. The molecule has 3 aliphatic rings. The Morgan fingerprint density at radius 1 is 1.32 bits per heavy atom. The number of hydrogen-bond acceptors (Lipinski definition) is 6. The first-order valence-electron chi connectivity index (χ1n) is 10.4. The van der Waals surface area contributed by atoms with Crippen LogP contribution in [0.15, 0.2) is 12.4 Å². The number of rotatable bonds is 6. The Balaban J connectivity index is 1.26. The Labute approximate surface area is 177 Å². The van der Waals surface area contributed by atoms with Crippen molar-refractivity contribution >= 4 is 17.8 Å². The molecule has 3 aliphatic heterocycles. The smallest absolute Gasteiger partial charge is 0.377 e. The van der Waals surface area contributed by atoms with E-state index in [9.17, 15) is 22.8 Å². The van der Waals surface area contributed by atoms with Gasteiger partial charge in [-0.2, -0.15) is 13.2 Å². The van der Waals surface area contributed by atoms with Gasteiger partial charge in [-0.05, 0) is 12.3 Å². The number of fused-ring (bicyclic) bond motifs is 1. The van der Waals surface area contributed by atoms with Gasteiger partial charge in [0.25, 0.3) is 0 Å². The SMILES string of the molecule is O=C(C[C@@H]1OC[C@H]2CN(c3cc(C(F)(F)F)ncn3)CC[C@H]21)NCCN1CCNC1=O. The lowest BCUT2D eigenvalue weighted by Gasteiger charge is -2.36. The number of nitrogens with one attached hydrogen (secondary N) is 2. The standard InChI is InChI=1S/C19H25F3N6O3/c20-19(21,22)15-8-16(26-11-25-15)28-4-1-13-12(9-28)10-31-14(13)7-17(29)23-2-5-27-6-3-24-18(27)30/h8,11-14H,1-7,9-10H2,(H,23,29)(H,24,30)/t12-,13-,14+/m1/s1. The van der Waals surface area contributed by atoms with Gasteiger partial charge in [0.15, 0.2) is 0 Å². The molecule has 0 spiro atoms. The van der Waals surface area contributed by atoms with E-state index in [0.29, 0.717) is 52.3 Å². The van der Waals surface area contributed by atoms with Crippen molar-refractivity contribution in [2.45, 2.75) is 25.1 Å². The number of anilines is 1. The van der Waals surface area contributed by atoms with E-state index in [4.69, 9.17) is 4.74 Å². The Morgan fingerprint density at radius 2 is 2.16 bits per heavy atom. The summed E-state index contributed by atoms with van der Waals surface area (Å²) in [4.78, 5) is 34.6. The fourth-order valence-electron chi connectivity index (χ4n) is 4.49. The van der Waals surface area contributed by atoms with Crippen LogP contribution in [-0.2, 0) is 15.7 Å². The summed E-state index contributed by atoms with van der Waals surface area (Å²) in [6.45, 7) is 3.64. The fourth-order valence-corrected chi connectivity index (χ4v) is 4.49. The minimum absolute atomic E-state index is 0.117. The van der Waals surface area contributed by atoms with Gasteiger partial charge in [0.2, 0.25) is 5.91 Å². The van der Waals surface area contributed by atoms with Crippen molar-refractivity contribution < 1.29 is 27.5 Å². The summed E-state index contributed by atoms with van der Waals surface area (Å²) < 4.78 is 44.6. The monoisotopic (exact) mass is 442 g/mol. The molecule has 170 valence electrons. The first kappa shape index (κ1) is 21.6. The van der Waals surface area contributed by atoms with E-state index in [1.807, 2.05) is 4.90 Å². The number of carbonyl (C=O) groups is 2. The van der Waals surface area contributed by atoms with Gasteiger partial charge < -0.3 is 25.2 Å². The van der Waals surface area contributed by atoms with E-state index in [-0.39, 0.29) is 42.1 Å². The third-order valence-electron chi connectivity index (χ3n) is 6.10. The molecule has 31 heavy (non-hydrogen) atoms. The first-order valence-corrected chi connectivity index (χ1v) is 10.4. The van der Waals surface area contributed by atoms with Crippen LogP contribution in [-0.4, -0.2) is 78.8 Å². The molecule has 0 radical (unpaired) electrons. The molecule has 0 aromatic carbocycles. The maximum absolute atomic E-state index is 12.9. The second-order valence-electron chi connectivity index (χ2n) is 8.06. The van der Waals surface area contributed by atoms with Crippen molar-refractivity contribution in [1.82, 2.24) is 25.5 Å². The predicted molar refractivity (Wildman–Crippen MR) is 103 cm³/mol. The van der Waals surface area contributed by atoms with Crippen LogP contribution in [0.3, 0.4) is 0 Å². The Morgan fingerprint density at radius 3 is 2.90 bits per heavy atom. The van der Waals surface area contributed by atoms with Crippen molar-refractivity contribution in [3.63, 3.8) is 0 Å². The molecule has 1 aromatic rings. The summed E-state index contributed by atoms with van der Waals surface area (Å²) in [7, 11) is 0. The number of alkyl halides is 3. The highest BCUT2D eigenvalue weighted by atomic mass is 19.4. The average Bonchev–Trinajstić information content (AvgIpc) is 3.33. The summed E-state index contributed by atoms with van der Waals surface area (Å²) >= 11 is 0. The zero-order valence-corrected chi connectivity index (χ0v) is 16.9. The topological polar surface area (TPSA) is 99.7 Å². The molecular formula is C19H25F3N6O3. The van der Waals surface area contributed by atoms with Crippen LogP contribution < -0.4 is 15.5 Å². The van der Waals surface area contributed by atoms with E-state index in [1.165, 1.54) is 0 Å². The molecule has 4 rings (SSSR count). The molecule has 4 heterocycles. The second kappa shape index (κ2) is 8.85. The van der Waals surface area contributed by atoms with Gasteiger partial charge >= 0.3 is 12.2 Å². The highest BCUT2D eigenvalue weighted by Gasteiger charge is 2.42. The molecule has 3 fully saturated rings. The summed E-state index contributed by atoms with van der Waals surface area (Å²) in [5.41, 5.74) is -0.955. The van der Waals surface area contributed by atoms with Gasteiger partial charge in [-0.25, -0.2) is 14.8 Å². The Bertz CT molecular complexity index is 823.